The Morgan fingerprint density at radius 3 is 1.94 bits per heavy atom. The Bertz CT molecular complexity index is 161. The highest BCUT2D eigenvalue weighted by atomic mass is 19.0. The van der Waals surface area contributed by atoms with Gasteiger partial charge in [-0.1, -0.05) is 26.2 Å². The van der Waals surface area contributed by atoms with Crippen LogP contribution < -0.4 is 0 Å². The molecule has 2 nitrogen and oxygen atoms in total. The van der Waals surface area contributed by atoms with Crippen LogP contribution in [0.5, 0.6) is 0 Å². The minimum atomic E-state index is 0. The summed E-state index contributed by atoms with van der Waals surface area (Å²) >= 11 is 0. The molecule has 17 heavy (non-hydrogen) atoms. The summed E-state index contributed by atoms with van der Waals surface area (Å²) in [6.07, 6.45) is 9.76. The smallest absolute Gasteiger partial charge is 0.0890 e. The summed E-state index contributed by atoms with van der Waals surface area (Å²) in [7, 11) is 2.11. The van der Waals surface area contributed by atoms with Crippen molar-refractivity contribution in [2.24, 2.45) is 0 Å². The molecule has 105 valence electrons. The lowest BCUT2D eigenvalue weighted by Crippen LogP contribution is -2.23. The molecule has 0 aliphatic carbocycles. The number of hydrogen-bond acceptors (Lipinski definition) is 2. The van der Waals surface area contributed by atoms with Crippen molar-refractivity contribution in [1.29, 1.82) is 0 Å². The number of halogens is 4. The van der Waals surface area contributed by atoms with Crippen LogP contribution in [0.25, 0.3) is 0 Å². The molecule has 0 aromatic heterocycles. The number of hydrogen-bond donors (Lipinski definition) is 0. The van der Waals surface area contributed by atoms with Gasteiger partial charge in [0.2, 0.25) is 0 Å². The molecule has 0 N–H and O–H groups in total. The zero-order valence-electron chi connectivity index (χ0n) is 10.5. The van der Waals surface area contributed by atoms with E-state index in [4.69, 9.17) is 0 Å². The summed E-state index contributed by atoms with van der Waals surface area (Å²) in [6.45, 7) is 4.55. The Kier molecular flexibility index (Phi) is 30.7. The Hall–Kier alpha value is -0.875. The quantitative estimate of drug-likeness (QED) is 0.425. The molecular formula is C10H24BF4N2. The molecule has 1 aliphatic heterocycles. The van der Waals surface area contributed by atoms with Crippen LogP contribution in [0.2, 0.25) is 0 Å². The normalized spacial score (nSPS) is 11.4. The fourth-order valence-electron chi connectivity index (χ4n) is 1.48. The van der Waals surface area contributed by atoms with Gasteiger partial charge < -0.3 is 9.80 Å². The molecule has 0 fully saturated rings. The summed E-state index contributed by atoms with van der Waals surface area (Å²) < 4.78 is 0. The van der Waals surface area contributed by atoms with E-state index in [0.717, 1.165) is 6.67 Å². The molecule has 1 rings (SSSR count). The minimum Gasteiger partial charge on any atom is -0.362 e. The lowest BCUT2D eigenvalue weighted by molar-refractivity contribution is 0.291. The van der Waals surface area contributed by atoms with E-state index in [9.17, 15) is 0 Å². The second-order valence-electron chi connectivity index (χ2n) is 3.57. The van der Waals surface area contributed by atoms with Gasteiger partial charge in [0.1, 0.15) is 0 Å². The zero-order chi connectivity index (χ0) is 8.81. The Balaban J connectivity index is -0.0000000960. The molecule has 0 saturated heterocycles. The molecule has 1 aliphatic rings. The van der Waals surface area contributed by atoms with Gasteiger partial charge in [0.05, 0.1) is 6.67 Å². The van der Waals surface area contributed by atoms with E-state index in [1.807, 2.05) is 0 Å². The minimum absolute atomic E-state index is 0. The van der Waals surface area contributed by atoms with Gasteiger partial charge in [0.15, 0.2) is 0 Å². The predicted molar refractivity (Wildman–Crippen MR) is 68.4 cm³/mol. The van der Waals surface area contributed by atoms with Gasteiger partial charge in [-0.25, -0.2) is 0 Å². The van der Waals surface area contributed by atoms with E-state index in [0.29, 0.717) is 0 Å². The van der Waals surface area contributed by atoms with Crippen molar-refractivity contribution in [2.45, 2.75) is 32.6 Å². The highest BCUT2D eigenvalue weighted by Gasteiger charge is 2.06. The molecule has 7 heteroatoms. The van der Waals surface area contributed by atoms with Crippen LogP contribution in [0.1, 0.15) is 32.6 Å². The first kappa shape index (κ1) is 29.8. The van der Waals surface area contributed by atoms with Gasteiger partial charge in [-0.05, 0) is 6.42 Å². The van der Waals surface area contributed by atoms with Crippen molar-refractivity contribution >= 4 is 8.41 Å². The first-order chi connectivity index (χ1) is 5.83. The van der Waals surface area contributed by atoms with E-state index in [-0.39, 0.29) is 27.2 Å². The van der Waals surface area contributed by atoms with Crippen LogP contribution in [-0.2, 0) is 0 Å². The fraction of sp³-hybridized carbons (Fsp3) is 0.800. The molecular weight excluding hydrogens is 235 g/mol. The summed E-state index contributed by atoms with van der Waals surface area (Å²) in [4.78, 5) is 4.58. The third-order valence-electron chi connectivity index (χ3n) is 2.24. The molecule has 0 amide bonds. The zero-order valence-corrected chi connectivity index (χ0v) is 10.5. The monoisotopic (exact) mass is 259 g/mol. The topological polar surface area (TPSA) is 6.48 Å². The number of rotatable bonds is 5. The van der Waals surface area contributed by atoms with Crippen molar-refractivity contribution in [3.05, 3.63) is 12.4 Å². The van der Waals surface area contributed by atoms with E-state index < -0.39 is 0 Å². The maximum atomic E-state index is 2.37. The maximum absolute atomic E-state index is 2.37. The standard InChI is InChI=1S/C10H20N2.B.4FH/c1-3-4-5-6-7-12-9-8-11(2)10-12;;;;;/h8-9H,3-7,10H2,1-2H3;;4*1H. The van der Waals surface area contributed by atoms with Gasteiger partial charge in [0.25, 0.3) is 0 Å². The largest absolute Gasteiger partial charge is 0.362 e. The second-order valence-corrected chi connectivity index (χ2v) is 3.57. The lowest BCUT2D eigenvalue weighted by Gasteiger charge is -2.17. The first-order valence-corrected chi connectivity index (χ1v) is 4.95. The van der Waals surface area contributed by atoms with Gasteiger partial charge >= 0.3 is 0 Å². The van der Waals surface area contributed by atoms with Crippen LogP contribution >= 0.6 is 0 Å². The Morgan fingerprint density at radius 2 is 1.53 bits per heavy atom. The van der Waals surface area contributed by atoms with Crippen LogP contribution in [0.4, 0.5) is 18.8 Å². The van der Waals surface area contributed by atoms with Gasteiger partial charge in [-0.2, -0.15) is 0 Å². The van der Waals surface area contributed by atoms with Crippen LogP contribution in [0.3, 0.4) is 0 Å². The van der Waals surface area contributed by atoms with E-state index >= 15 is 0 Å². The molecule has 3 radical (unpaired) electrons. The van der Waals surface area contributed by atoms with Gasteiger partial charge in [0, 0.05) is 34.4 Å². The average Bonchev–Trinajstić information content (AvgIpc) is 2.45. The molecule has 0 bridgehead atoms. The van der Waals surface area contributed by atoms with Crippen molar-refractivity contribution in [3.8, 4) is 0 Å². The van der Waals surface area contributed by atoms with Crippen molar-refractivity contribution < 1.29 is 18.8 Å². The van der Waals surface area contributed by atoms with Crippen LogP contribution in [-0.4, -0.2) is 38.5 Å². The highest BCUT2D eigenvalue weighted by molar-refractivity contribution is 5.75. The Morgan fingerprint density at radius 1 is 0.941 bits per heavy atom. The average molecular weight is 259 g/mol. The third-order valence-corrected chi connectivity index (χ3v) is 2.24. The highest BCUT2D eigenvalue weighted by Crippen LogP contribution is 2.06. The SMILES string of the molecule is CCCCCCN1C=CN(C)C1.F.F.F.F.[B]. The van der Waals surface area contributed by atoms with E-state index in [1.165, 1.54) is 32.2 Å². The van der Waals surface area contributed by atoms with Crippen LogP contribution in [0, 0.1) is 0 Å². The summed E-state index contributed by atoms with van der Waals surface area (Å²) in [6, 6.07) is 0. The summed E-state index contributed by atoms with van der Waals surface area (Å²) in [5.41, 5.74) is 0. The lowest BCUT2D eigenvalue weighted by atomic mass is 10.2. The van der Waals surface area contributed by atoms with Crippen molar-refractivity contribution in [2.75, 3.05) is 20.3 Å². The summed E-state index contributed by atoms with van der Waals surface area (Å²) in [5, 5.41) is 0. The molecule has 0 unspecified atom stereocenters. The predicted octanol–water partition coefficient (Wildman–Crippen LogP) is 2.47. The van der Waals surface area contributed by atoms with Gasteiger partial charge in [-0.3, -0.25) is 18.8 Å². The molecule has 1 heterocycles. The van der Waals surface area contributed by atoms with Gasteiger partial charge in [-0.15, -0.1) is 0 Å². The van der Waals surface area contributed by atoms with Crippen molar-refractivity contribution in [3.63, 3.8) is 0 Å². The Labute approximate surface area is 103 Å². The second kappa shape index (κ2) is 17.5. The summed E-state index contributed by atoms with van der Waals surface area (Å²) in [5.74, 6) is 0. The maximum Gasteiger partial charge on any atom is 0.0890 e. The van der Waals surface area contributed by atoms with E-state index in [1.54, 1.807) is 0 Å². The number of unbranched alkanes of at least 4 members (excludes halogenated alkanes) is 3. The molecule has 0 atom stereocenters. The molecule has 0 aromatic carbocycles. The van der Waals surface area contributed by atoms with Crippen molar-refractivity contribution in [1.82, 2.24) is 9.80 Å². The molecule has 0 spiro atoms. The first-order valence-electron chi connectivity index (χ1n) is 4.95. The molecule has 0 saturated carbocycles. The molecule has 0 aromatic rings. The fourth-order valence-corrected chi connectivity index (χ4v) is 1.48. The third kappa shape index (κ3) is 13.1. The number of nitrogens with zero attached hydrogens (tertiary/aromatic N) is 2. The van der Waals surface area contributed by atoms with Crippen LogP contribution in [0.15, 0.2) is 12.4 Å². The van der Waals surface area contributed by atoms with E-state index in [2.05, 4.69) is 36.2 Å².